The third kappa shape index (κ3) is 3.69. The molecule has 0 aliphatic carbocycles. The predicted molar refractivity (Wildman–Crippen MR) is 61.6 cm³/mol. The van der Waals surface area contributed by atoms with Crippen molar-refractivity contribution in [1.29, 1.82) is 0 Å². The molecule has 0 saturated carbocycles. The fraction of sp³-hybridized carbons (Fsp3) is 0.333. The molecule has 0 fully saturated rings. The van der Waals surface area contributed by atoms with Crippen LogP contribution in [0.1, 0.15) is 13.3 Å². The van der Waals surface area contributed by atoms with Gasteiger partial charge < -0.3 is 4.18 Å². The van der Waals surface area contributed by atoms with Crippen LogP contribution >= 0.6 is 0 Å². The van der Waals surface area contributed by atoms with Crippen molar-refractivity contribution in [1.82, 2.24) is 0 Å². The van der Waals surface area contributed by atoms with E-state index in [1.165, 1.54) is 19.1 Å². The number of benzene rings is 1. The Morgan fingerprint density at radius 2 is 1.71 bits per heavy atom. The highest BCUT2D eigenvalue weighted by Crippen LogP contribution is 2.19. The lowest BCUT2D eigenvalue weighted by atomic mass is 10.3. The van der Waals surface area contributed by atoms with E-state index in [2.05, 4.69) is 4.18 Å². The van der Waals surface area contributed by atoms with E-state index in [1.807, 2.05) is 0 Å². The van der Waals surface area contributed by atoms with Gasteiger partial charge in [0, 0.05) is 0 Å². The van der Waals surface area contributed by atoms with E-state index in [4.69, 9.17) is 4.55 Å². The van der Waals surface area contributed by atoms with E-state index in [-0.39, 0.29) is 12.2 Å². The molecule has 1 N–H and O–H groups in total. The zero-order valence-corrected chi connectivity index (χ0v) is 10.6. The fourth-order valence-corrected chi connectivity index (χ4v) is 3.85. The molecule has 17 heavy (non-hydrogen) atoms. The van der Waals surface area contributed by atoms with Crippen molar-refractivity contribution in [2.24, 2.45) is 0 Å². The summed E-state index contributed by atoms with van der Waals surface area (Å²) in [5.74, 6) is -0.00500. The molecule has 6 nitrogen and oxygen atoms in total. The molecule has 0 heterocycles. The highest BCUT2D eigenvalue weighted by molar-refractivity contribution is 8.04. The van der Waals surface area contributed by atoms with Crippen molar-refractivity contribution in [3.63, 3.8) is 0 Å². The smallest absolute Gasteiger partial charge is 0.329 e. The molecule has 0 aliphatic heterocycles. The Balaban J connectivity index is 3.04. The molecule has 1 unspecified atom stereocenters. The molecule has 0 spiro atoms. The lowest BCUT2D eigenvalue weighted by Gasteiger charge is -2.13. The SMILES string of the molecule is CCC(S(=O)(=O)O)S(=O)(=O)Oc1ccccc1. The highest BCUT2D eigenvalue weighted by atomic mass is 32.3. The van der Waals surface area contributed by atoms with E-state index < -0.39 is 24.8 Å². The molecule has 0 aromatic heterocycles. The Kier molecular flexibility index (Phi) is 4.12. The Labute approximate surface area is 100 Å². The molecular weight excluding hydrogens is 268 g/mol. The normalized spacial score (nSPS) is 14.2. The first kappa shape index (κ1) is 13.9. The third-order valence-electron chi connectivity index (χ3n) is 1.94. The maximum atomic E-state index is 11.6. The molecule has 0 bridgehead atoms. The van der Waals surface area contributed by atoms with E-state index in [0.29, 0.717) is 0 Å². The zero-order valence-electron chi connectivity index (χ0n) is 8.98. The van der Waals surface area contributed by atoms with Gasteiger partial charge in [0.2, 0.25) is 4.58 Å². The Morgan fingerprint density at radius 3 is 2.12 bits per heavy atom. The van der Waals surface area contributed by atoms with Crippen LogP contribution < -0.4 is 4.18 Å². The highest BCUT2D eigenvalue weighted by Gasteiger charge is 2.37. The van der Waals surface area contributed by atoms with Gasteiger partial charge in [0.15, 0.2) is 0 Å². The average Bonchev–Trinajstić information content (AvgIpc) is 2.16. The minimum atomic E-state index is -4.71. The van der Waals surface area contributed by atoms with Crippen LogP contribution in [0.4, 0.5) is 0 Å². The topological polar surface area (TPSA) is 97.7 Å². The van der Waals surface area contributed by atoms with Crippen LogP contribution in [0.2, 0.25) is 0 Å². The molecule has 0 saturated heterocycles. The first-order valence-electron chi connectivity index (χ1n) is 4.72. The second-order valence-corrected chi connectivity index (χ2v) is 6.86. The first-order chi connectivity index (χ1) is 7.77. The summed E-state index contributed by atoms with van der Waals surface area (Å²) in [6.45, 7) is 1.32. The van der Waals surface area contributed by atoms with Gasteiger partial charge in [-0.2, -0.15) is 16.8 Å². The summed E-state index contributed by atoms with van der Waals surface area (Å²) in [5, 5.41) is 0. The molecular formula is C9H12O6S2. The van der Waals surface area contributed by atoms with Gasteiger partial charge in [-0.3, -0.25) is 4.55 Å². The summed E-state index contributed by atoms with van der Waals surface area (Å²) < 4.78 is 56.5. The molecule has 0 radical (unpaired) electrons. The lowest BCUT2D eigenvalue weighted by Crippen LogP contribution is -2.32. The van der Waals surface area contributed by atoms with Crippen molar-refractivity contribution >= 4 is 20.2 Å². The summed E-state index contributed by atoms with van der Waals surface area (Å²) in [6, 6.07) is 7.47. The van der Waals surface area contributed by atoms with Gasteiger partial charge in [-0.1, -0.05) is 25.1 Å². The van der Waals surface area contributed by atoms with Crippen molar-refractivity contribution in [3.8, 4) is 5.75 Å². The van der Waals surface area contributed by atoms with Gasteiger partial charge >= 0.3 is 10.1 Å². The maximum absolute atomic E-state index is 11.6. The maximum Gasteiger partial charge on any atom is 0.329 e. The van der Waals surface area contributed by atoms with Crippen LogP contribution in [0.25, 0.3) is 0 Å². The Morgan fingerprint density at radius 1 is 1.18 bits per heavy atom. The molecule has 1 atom stereocenters. The van der Waals surface area contributed by atoms with Crippen LogP contribution in [0.5, 0.6) is 5.75 Å². The Hall–Kier alpha value is -1.12. The summed E-state index contributed by atoms with van der Waals surface area (Å²) in [7, 11) is -9.13. The minimum Gasteiger partial charge on any atom is -0.381 e. The van der Waals surface area contributed by atoms with Crippen molar-refractivity contribution in [2.75, 3.05) is 0 Å². The summed E-state index contributed by atoms with van der Waals surface area (Å²) in [5.41, 5.74) is 0. The molecule has 0 amide bonds. The van der Waals surface area contributed by atoms with E-state index in [1.54, 1.807) is 18.2 Å². The quantitative estimate of drug-likeness (QED) is 0.638. The van der Waals surface area contributed by atoms with Crippen LogP contribution in [-0.2, 0) is 20.2 Å². The minimum absolute atomic E-state index is 0.00500. The number of hydrogen-bond acceptors (Lipinski definition) is 5. The largest absolute Gasteiger partial charge is 0.381 e. The van der Waals surface area contributed by atoms with Crippen molar-refractivity contribution < 1.29 is 25.6 Å². The van der Waals surface area contributed by atoms with Gasteiger partial charge in [0.25, 0.3) is 10.1 Å². The molecule has 0 aliphatic rings. The summed E-state index contributed by atoms with van der Waals surface area (Å²) >= 11 is 0. The molecule has 1 aromatic rings. The van der Waals surface area contributed by atoms with Crippen LogP contribution in [0, 0.1) is 0 Å². The molecule has 1 rings (SSSR count). The second kappa shape index (κ2) is 5.03. The second-order valence-electron chi connectivity index (χ2n) is 3.24. The van der Waals surface area contributed by atoms with Gasteiger partial charge in [0.1, 0.15) is 5.75 Å². The standard InChI is InChI=1S/C9H12O6S2/c1-2-9(16(10,11)12)17(13,14)15-8-6-4-3-5-7-8/h3-7,9H,2H2,1H3,(H,10,11,12). The molecule has 1 aromatic carbocycles. The average molecular weight is 280 g/mol. The van der Waals surface area contributed by atoms with Crippen LogP contribution in [0.15, 0.2) is 30.3 Å². The summed E-state index contributed by atoms with van der Waals surface area (Å²) in [4.78, 5) is 0. The lowest BCUT2D eigenvalue weighted by molar-refractivity contribution is 0.455. The van der Waals surface area contributed by atoms with Crippen molar-refractivity contribution in [3.05, 3.63) is 30.3 Å². The van der Waals surface area contributed by atoms with Gasteiger partial charge in [-0.05, 0) is 18.6 Å². The number of hydrogen-bond donors (Lipinski definition) is 1. The van der Waals surface area contributed by atoms with Crippen LogP contribution in [0.3, 0.4) is 0 Å². The van der Waals surface area contributed by atoms with Gasteiger partial charge in [0.05, 0.1) is 0 Å². The van der Waals surface area contributed by atoms with Crippen molar-refractivity contribution in [2.45, 2.75) is 17.9 Å². The summed E-state index contributed by atoms with van der Waals surface area (Å²) in [6.07, 6.45) is -0.298. The fourth-order valence-electron chi connectivity index (χ4n) is 1.23. The molecule has 96 valence electrons. The Bertz CT molecular complexity index is 561. The number of para-hydroxylation sites is 1. The van der Waals surface area contributed by atoms with E-state index >= 15 is 0 Å². The molecule has 8 heteroatoms. The van der Waals surface area contributed by atoms with Gasteiger partial charge in [-0.25, -0.2) is 0 Å². The predicted octanol–water partition coefficient (Wildman–Crippen LogP) is 1.02. The van der Waals surface area contributed by atoms with E-state index in [0.717, 1.165) is 0 Å². The monoisotopic (exact) mass is 280 g/mol. The van der Waals surface area contributed by atoms with E-state index in [9.17, 15) is 16.8 Å². The zero-order chi connectivity index (χ0) is 13.1. The third-order valence-corrected chi connectivity index (χ3v) is 5.78. The number of rotatable bonds is 5. The first-order valence-corrected chi connectivity index (χ1v) is 7.69. The van der Waals surface area contributed by atoms with Crippen LogP contribution in [-0.4, -0.2) is 26.0 Å². The van der Waals surface area contributed by atoms with Gasteiger partial charge in [-0.15, -0.1) is 0 Å².